The van der Waals surface area contributed by atoms with Crippen molar-refractivity contribution in [1.82, 2.24) is 16.0 Å². The summed E-state index contributed by atoms with van der Waals surface area (Å²) in [5.74, 6) is -0.401. The van der Waals surface area contributed by atoms with Crippen LogP contribution in [0.25, 0.3) is 0 Å². The fourth-order valence-electron chi connectivity index (χ4n) is 5.11. The van der Waals surface area contributed by atoms with Gasteiger partial charge in [-0.1, -0.05) is 18.1 Å². The molecule has 0 bridgehead atoms. The second-order valence-electron chi connectivity index (χ2n) is 10.9. The molecule has 0 aromatic heterocycles. The summed E-state index contributed by atoms with van der Waals surface area (Å²) in [6.45, 7) is 10.5. The molecule has 218 valence electrons. The lowest BCUT2D eigenvalue weighted by Crippen LogP contribution is -2.59. The Hall–Kier alpha value is -2.21. The minimum Gasteiger partial charge on any atom is -0.443 e. The molecule has 1 spiro atoms. The molecule has 2 fully saturated rings. The van der Waals surface area contributed by atoms with Crippen LogP contribution in [-0.4, -0.2) is 87.8 Å². The lowest BCUT2D eigenvalue weighted by molar-refractivity contribution is -0.172. The molecule has 1 saturated heterocycles. The second kappa shape index (κ2) is 15.4. The molecule has 3 amide bonds. The van der Waals surface area contributed by atoms with E-state index in [1.165, 1.54) is 5.57 Å². The summed E-state index contributed by atoms with van der Waals surface area (Å²) in [6.07, 6.45) is 4.91. The van der Waals surface area contributed by atoms with E-state index in [0.717, 1.165) is 19.3 Å². The Morgan fingerprint density at radius 2 is 1.74 bits per heavy atom. The van der Waals surface area contributed by atoms with Crippen LogP contribution < -0.4 is 21.7 Å². The highest BCUT2D eigenvalue weighted by molar-refractivity contribution is 5.78. The number of hydrogen-bond acceptors (Lipinski definition) is 8. The third-order valence-corrected chi connectivity index (χ3v) is 7.16. The molecular weight excluding hydrogens is 492 g/mol. The maximum absolute atomic E-state index is 12.5. The van der Waals surface area contributed by atoms with Crippen LogP contribution in [0.5, 0.6) is 0 Å². The van der Waals surface area contributed by atoms with Gasteiger partial charge in [0.15, 0.2) is 0 Å². The zero-order valence-corrected chi connectivity index (χ0v) is 23.7. The standard InChI is InChI=1S/C27H48N4O7/c1-19(2)11-16-36-26(3,4)24-23(35-5)20(10-12-27(24)18-37-27)38-25(34)31-13-8-6-7-9-21(32)29-14-15-30-22(33)17-28/h11,20,23-24H,6-10,12-18,28H2,1-5H3,(H,29,32)(H,30,33)(H,31,34)/t20?,23?,24?,27-/m0/s1. The molecule has 3 unspecified atom stereocenters. The van der Waals surface area contributed by atoms with E-state index in [1.807, 2.05) is 33.8 Å². The van der Waals surface area contributed by atoms with Crippen molar-refractivity contribution in [3.8, 4) is 0 Å². The molecule has 0 aromatic rings. The van der Waals surface area contributed by atoms with Gasteiger partial charge in [-0.25, -0.2) is 4.79 Å². The highest BCUT2D eigenvalue weighted by Crippen LogP contribution is 2.52. The molecule has 1 aliphatic heterocycles. The van der Waals surface area contributed by atoms with Crippen molar-refractivity contribution in [1.29, 1.82) is 0 Å². The Labute approximate surface area is 226 Å². The molecule has 1 saturated carbocycles. The van der Waals surface area contributed by atoms with Gasteiger partial charge in [-0.05, 0) is 53.4 Å². The molecule has 11 heteroatoms. The topological polar surface area (TPSA) is 154 Å². The average Bonchev–Trinajstić information content (AvgIpc) is 3.63. The molecule has 0 aromatic carbocycles. The fraction of sp³-hybridized carbons (Fsp3) is 0.815. The fourth-order valence-corrected chi connectivity index (χ4v) is 5.11. The number of nitrogens with two attached hydrogens (primary N) is 1. The van der Waals surface area contributed by atoms with Crippen LogP contribution in [0.4, 0.5) is 4.79 Å². The van der Waals surface area contributed by atoms with Crippen LogP contribution in [0.15, 0.2) is 11.6 Å². The molecule has 1 heterocycles. The number of carbonyl (C=O) groups excluding carboxylic acids is 3. The lowest BCUT2D eigenvalue weighted by Gasteiger charge is -2.47. The van der Waals surface area contributed by atoms with Crippen LogP contribution in [0.2, 0.25) is 0 Å². The highest BCUT2D eigenvalue weighted by Gasteiger charge is 2.64. The first-order valence-corrected chi connectivity index (χ1v) is 13.7. The van der Waals surface area contributed by atoms with E-state index in [-0.39, 0.29) is 36.0 Å². The minimum absolute atomic E-state index is 0.0661. The van der Waals surface area contributed by atoms with Crippen molar-refractivity contribution < 1.29 is 33.3 Å². The zero-order chi connectivity index (χ0) is 28.2. The number of amides is 3. The molecule has 2 rings (SSSR count). The summed E-state index contributed by atoms with van der Waals surface area (Å²) < 4.78 is 23.9. The van der Waals surface area contributed by atoms with E-state index in [9.17, 15) is 14.4 Å². The van der Waals surface area contributed by atoms with Crippen molar-refractivity contribution in [3.63, 3.8) is 0 Å². The molecule has 5 N–H and O–H groups in total. The van der Waals surface area contributed by atoms with Crippen molar-refractivity contribution in [3.05, 3.63) is 11.6 Å². The number of alkyl carbamates (subject to hydrolysis) is 1. The predicted octanol–water partition coefficient (Wildman–Crippen LogP) is 1.79. The predicted molar refractivity (Wildman–Crippen MR) is 143 cm³/mol. The third kappa shape index (κ3) is 10.2. The summed E-state index contributed by atoms with van der Waals surface area (Å²) in [6, 6.07) is 0. The second-order valence-corrected chi connectivity index (χ2v) is 10.9. The minimum atomic E-state index is -0.535. The van der Waals surface area contributed by atoms with Gasteiger partial charge in [0.05, 0.1) is 31.0 Å². The number of carbonyl (C=O) groups is 3. The molecule has 4 atom stereocenters. The SMILES string of the molecule is COC1C(OC(=O)NCCCCCC(=O)NCCNC(=O)CN)CC[C@]2(CO2)C1C(C)(C)OCC=C(C)C. The molecule has 0 radical (unpaired) electrons. The van der Waals surface area contributed by atoms with Gasteiger partial charge in [-0.2, -0.15) is 0 Å². The van der Waals surface area contributed by atoms with Crippen molar-refractivity contribution in [2.75, 3.05) is 46.5 Å². The number of rotatable bonds is 16. The van der Waals surface area contributed by atoms with Gasteiger partial charge in [-0.3, -0.25) is 9.59 Å². The van der Waals surface area contributed by atoms with E-state index >= 15 is 0 Å². The monoisotopic (exact) mass is 540 g/mol. The molecule has 38 heavy (non-hydrogen) atoms. The van der Waals surface area contributed by atoms with Crippen molar-refractivity contribution >= 4 is 17.9 Å². The zero-order valence-electron chi connectivity index (χ0n) is 23.7. The molecule has 11 nitrogen and oxygen atoms in total. The van der Waals surface area contributed by atoms with Gasteiger partial charge >= 0.3 is 6.09 Å². The highest BCUT2D eigenvalue weighted by atomic mass is 16.6. The Morgan fingerprint density at radius 3 is 2.34 bits per heavy atom. The average molecular weight is 541 g/mol. The van der Waals surface area contributed by atoms with Gasteiger partial charge < -0.3 is 40.6 Å². The van der Waals surface area contributed by atoms with Crippen LogP contribution in [0.1, 0.15) is 66.2 Å². The normalized spacial score (nSPS) is 24.4. The van der Waals surface area contributed by atoms with Gasteiger partial charge in [0, 0.05) is 39.1 Å². The van der Waals surface area contributed by atoms with E-state index in [2.05, 4.69) is 16.0 Å². The number of unbranched alkanes of at least 4 members (excludes halogenated alkanes) is 2. The summed E-state index contributed by atoms with van der Waals surface area (Å²) in [5, 5.41) is 8.16. The van der Waals surface area contributed by atoms with E-state index in [4.69, 9.17) is 24.7 Å². The Balaban J connectivity index is 1.71. The first-order chi connectivity index (χ1) is 18.0. The van der Waals surface area contributed by atoms with Crippen molar-refractivity contribution in [2.24, 2.45) is 11.7 Å². The van der Waals surface area contributed by atoms with E-state index in [1.54, 1.807) is 7.11 Å². The van der Waals surface area contributed by atoms with Crippen LogP contribution in [-0.2, 0) is 28.5 Å². The number of hydrogen-bond donors (Lipinski definition) is 4. The third-order valence-electron chi connectivity index (χ3n) is 7.16. The van der Waals surface area contributed by atoms with Crippen molar-refractivity contribution in [2.45, 2.75) is 89.6 Å². The number of ether oxygens (including phenoxy) is 4. The van der Waals surface area contributed by atoms with Crippen LogP contribution in [0, 0.1) is 5.92 Å². The van der Waals surface area contributed by atoms with Gasteiger partial charge in [-0.15, -0.1) is 0 Å². The van der Waals surface area contributed by atoms with Crippen LogP contribution in [0.3, 0.4) is 0 Å². The number of epoxide rings is 1. The molecule has 2 aliphatic rings. The summed E-state index contributed by atoms with van der Waals surface area (Å²) in [7, 11) is 1.64. The molecular formula is C27H48N4O7. The smallest absolute Gasteiger partial charge is 0.407 e. The van der Waals surface area contributed by atoms with Gasteiger partial charge in [0.1, 0.15) is 12.2 Å². The first kappa shape index (κ1) is 32.0. The number of nitrogens with one attached hydrogen (secondary N) is 3. The lowest BCUT2D eigenvalue weighted by atomic mass is 9.68. The quantitative estimate of drug-likeness (QED) is 0.131. The summed E-state index contributed by atoms with van der Waals surface area (Å²) in [4.78, 5) is 35.4. The number of methoxy groups -OCH3 is 1. The maximum Gasteiger partial charge on any atom is 0.407 e. The molecule has 1 aliphatic carbocycles. The maximum atomic E-state index is 12.5. The summed E-state index contributed by atoms with van der Waals surface area (Å²) in [5.41, 5.74) is 5.56. The van der Waals surface area contributed by atoms with E-state index in [0.29, 0.717) is 52.1 Å². The van der Waals surface area contributed by atoms with E-state index < -0.39 is 17.8 Å². The Kier molecular flexibility index (Phi) is 13.0. The largest absolute Gasteiger partial charge is 0.443 e. The Bertz CT molecular complexity index is 809. The Morgan fingerprint density at radius 1 is 1.05 bits per heavy atom. The van der Waals surface area contributed by atoms with Gasteiger partial charge in [0.2, 0.25) is 11.8 Å². The van der Waals surface area contributed by atoms with Crippen LogP contribution >= 0.6 is 0 Å². The summed E-state index contributed by atoms with van der Waals surface area (Å²) >= 11 is 0. The first-order valence-electron chi connectivity index (χ1n) is 13.7. The van der Waals surface area contributed by atoms with Gasteiger partial charge in [0.25, 0.3) is 0 Å². The number of allylic oxidation sites excluding steroid dienone is 1.